The summed E-state index contributed by atoms with van der Waals surface area (Å²) < 4.78 is 0. The Morgan fingerprint density at radius 2 is 0.950 bits per heavy atom. The van der Waals surface area contributed by atoms with Gasteiger partial charge in [-0.05, 0) is 24.6 Å². The van der Waals surface area contributed by atoms with Crippen molar-refractivity contribution in [1.82, 2.24) is 0 Å². The molecular formula is C18H16N2. The van der Waals surface area contributed by atoms with Gasteiger partial charge in [-0.1, -0.05) is 48.5 Å². The Hall–Kier alpha value is -2.48. The minimum absolute atomic E-state index is 0.944. The lowest BCUT2D eigenvalue weighted by atomic mass is 9.98. The molecule has 0 aliphatic carbocycles. The molecule has 0 aliphatic heterocycles. The van der Waals surface area contributed by atoms with E-state index in [1.165, 1.54) is 10.8 Å². The van der Waals surface area contributed by atoms with Crippen LogP contribution in [0, 0.1) is 0 Å². The molecule has 2 heteroatoms. The fourth-order valence-electron chi connectivity index (χ4n) is 2.62. The van der Waals surface area contributed by atoms with E-state index in [0.717, 1.165) is 22.1 Å². The SMILES string of the molecule is C/C=N\c1c(/N=C\C)c2ccccc2c2ccccc12. The Labute approximate surface area is 118 Å². The van der Waals surface area contributed by atoms with Crippen LogP contribution in [-0.4, -0.2) is 12.4 Å². The minimum Gasteiger partial charge on any atom is -0.259 e. The first-order chi connectivity index (χ1) is 9.86. The summed E-state index contributed by atoms with van der Waals surface area (Å²) >= 11 is 0. The Kier molecular flexibility index (Phi) is 3.30. The van der Waals surface area contributed by atoms with E-state index in [0.29, 0.717) is 0 Å². The van der Waals surface area contributed by atoms with E-state index in [-0.39, 0.29) is 0 Å². The van der Waals surface area contributed by atoms with Gasteiger partial charge in [0.2, 0.25) is 0 Å². The molecule has 3 rings (SSSR count). The van der Waals surface area contributed by atoms with Gasteiger partial charge in [0.05, 0.1) is 11.4 Å². The maximum Gasteiger partial charge on any atom is 0.0966 e. The van der Waals surface area contributed by atoms with Crippen LogP contribution in [0.4, 0.5) is 11.4 Å². The van der Waals surface area contributed by atoms with Gasteiger partial charge in [0.15, 0.2) is 0 Å². The maximum absolute atomic E-state index is 4.56. The Balaban J connectivity index is 2.61. The topological polar surface area (TPSA) is 24.7 Å². The van der Waals surface area contributed by atoms with Gasteiger partial charge in [-0.2, -0.15) is 0 Å². The summed E-state index contributed by atoms with van der Waals surface area (Å²) in [4.78, 5) is 9.13. The molecule has 2 nitrogen and oxygen atoms in total. The van der Waals surface area contributed by atoms with E-state index in [1.807, 2.05) is 38.4 Å². The fraction of sp³-hybridized carbons (Fsp3) is 0.111. The van der Waals surface area contributed by atoms with Gasteiger partial charge in [0.1, 0.15) is 0 Å². The molecule has 0 spiro atoms. The number of aliphatic imine (C=N–C) groups is 2. The van der Waals surface area contributed by atoms with Crippen LogP contribution in [0.3, 0.4) is 0 Å². The van der Waals surface area contributed by atoms with Crippen molar-refractivity contribution in [2.45, 2.75) is 13.8 Å². The van der Waals surface area contributed by atoms with Crippen LogP contribution >= 0.6 is 0 Å². The second-order valence-electron chi connectivity index (χ2n) is 4.56. The van der Waals surface area contributed by atoms with E-state index in [2.05, 4.69) is 46.4 Å². The van der Waals surface area contributed by atoms with Crippen molar-refractivity contribution in [2.75, 3.05) is 0 Å². The number of nitrogens with zero attached hydrogens (tertiary/aromatic N) is 2. The summed E-state index contributed by atoms with van der Waals surface area (Å²) in [7, 11) is 0. The molecule has 0 fully saturated rings. The zero-order valence-corrected chi connectivity index (χ0v) is 11.7. The van der Waals surface area contributed by atoms with Gasteiger partial charge in [0, 0.05) is 23.2 Å². The van der Waals surface area contributed by atoms with Gasteiger partial charge in [-0.3, -0.25) is 9.98 Å². The summed E-state index contributed by atoms with van der Waals surface area (Å²) in [5.41, 5.74) is 1.89. The lowest BCUT2D eigenvalue weighted by molar-refractivity contribution is 1.51. The molecule has 3 aromatic carbocycles. The molecule has 0 aromatic heterocycles. The van der Waals surface area contributed by atoms with E-state index in [9.17, 15) is 0 Å². The molecule has 0 radical (unpaired) electrons. The van der Waals surface area contributed by atoms with E-state index in [4.69, 9.17) is 0 Å². The molecule has 0 atom stereocenters. The van der Waals surface area contributed by atoms with Gasteiger partial charge in [-0.25, -0.2) is 0 Å². The second kappa shape index (κ2) is 5.25. The summed E-state index contributed by atoms with van der Waals surface area (Å²) in [6, 6.07) is 16.7. The molecule has 0 bridgehead atoms. The summed E-state index contributed by atoms with van der Waals surface area (Å²) in [6.07, 6.45) is 3.65. The molecule has 0 heterocycles. The van der Waals surface area contributed by atoms with Crippen LogP contribution in [0.1, 0.15) is 13.8 Å². The highest BCUT2D eigenvalue weighted by Gasteiger charge is 2.11. The van der Waals surface area contributed by atoms with Crippen molar-refractivity contribution >= 4 is 45.3 Å². The van der Waals surface area contributed by atoms with Crippen molar-refractivity contribution in [3.8, 4) is 0 Å². The van der Waals surface area contributed by atoms with Gasteiger partial charge >= 0.3 is 0 Å². The van der Waals surface area contributed by atoms with Crippen LogP contribution < -0.4 is 0 Å². The monoisotopic (exact) mass is 260 g/mol. The first kappa shape index (κ1) is 12.5. The normalized spacial score (nSPS) is 12.1. The quantitative estimate of drug-likeness (QED) is 0.433. The molecule has 3 aromatic rings. The molecule has 20 heavy (non-hydrogen) atoms. The Morgan fingerprint density at radius 1 is 0.600 bits per heavy atom. The fourth-order valence-corrected chi connectivity index (χ4v) is 2.62. The molecule has 0 unspecified atom stereocenters. The van der Waals surface area contributed by atoms with Crippen molar-refractivity contribution < 1.29 is 0 Å². The van der Waals surface area contributed by atoms with E-state index < -0.39 is 0 Å². The third-order valence-electron chi connectivity index (χ3n) is 3.40. The average Bonchev–Trinajstić information content (AvgIpc) is 2.51. The van der Waals surface area contributed by atoms with E-state index in [1.54, 1.807) is 0 Å². The number of rotatable bonds is 2. The molecule has 98 valence electrons. The van der Waals surface area contributed by atoms with Crippen molar-refractivity contribution in [3.63, 3.8) is 0 Å². The summed E-state index contributed by atoms with van der Waals surface area (Å²) in [5.74, 6) is 0. The van der Waals surface area contributed by atoms with Crippen LogP contribution in [0.2, 0.25) is 0 Å². The first-order valence-electron chi connectivity index (χ1n) is 6.77. The highest BCUT2D eigenvalue weighted by atomic mass is 14.8. The lowest BCUT2D eigenvalue weighted by Gasteiger charge is -2.11. The molecule has 0 amide bonds. The van der Waals surface area contributed by atoms with E-state index >= 15 is 0 Å². The van der Waals surface area contributed by atoms with Gasteiger partial charge < -0.3 is 0 Å². The smallest absolute Gasteiger partial charge is 0.0966 e. The zero-order valence-electron chi connectivity index (χ0n) is 11.7. The molecule has 0 saturated carbocycles. The molecule has 0 saturated heterocycles. The summed E-state index contributed by atoms with van der Waals surface area (Å²) in [5, 5.41) is 4.73. The standard InChI is InChI=1S/C18H16N2/c1-3-19-17-15-11-7-5-9-13(15)14-10-6-8-12-16(14)18(17)20-4-2/h3-12H,1-2H3/b19-3-,20-4-. The lowest BCUT2D eigenvalue weighted by Crippen LogP contribution is -1.82. The van der Waals surface area contributed by atoms with Crippen molar-refractivity contribution in [3.05, 3.63) is 48.5 Å². The van der Waals surface area contributed by atoms with Gasteiger partial charge in [0.25, 0.3) is 0 Å². The number of hydrogen-bond acceptors (Lipinski definition) is 2. The van der Waals surface area contributed by atoms with Crippen molar-refractivity contribution in [1.29, 1.82) is 0 Å². The van der Waals surface area contributed by atoms with Crippen molar-refractivity contribution in [2.24, 2.45) is 9.98 Å². The predicted octanol–water partition coefficient (Wildman–Crippen LogP) is 5.44. The highest BCUT2D eigenvalue weighted by molar-refractivity contribution is 6.19. The second-order valence-corrected chi connectivity index (χ2v) is 4.56. The number of benzene rings is 3. The molecule has 0 aliphatic rings. The highest BCUT2D eigenvalue weighted by Crippen LogP contribution is 2.43. The Bertz CT molecular complexity index is 759. The minimum atomic E-state index is 0.944. The van der Waals surface area contributed by atoms with Crippen LogP contribution in [-0.2, 0) is 0 Å². The van der Waals surface area contributed by atoms with Crippen LogP contribution in [0.25, 0.3) is 21.5 Å². The number of hydrogen-bond donors (Lipinski definition) is 0. The third kappa shape index (κ3) is 1.90. The summed E-state index contributed by atoms with van der Waals surface area (Å²) in [6.45, 7) is 3.87. The molecule has 0 N–H and O–H groups in total. The molecular weight excluding hydrogens is 244 g/mol. The van der Waals surface area contributed by atoms with Gasteiger partial charge in [-0.15, -0.1) is 0 Å². The van der Waals surface area contributed by atoms with Crippen LogP contribution in [0.5, 0.6) is 0 Å². The zero-order chi connectivity index (χ0) is 13.9. The maximum atomic E-state index is 4.56. The predicted molar refractivity (Wildman–Crippen MR) is 89.1 cm³/mol. The first-order valence-corrected chi connectivity index (χ1v) is 6.77. The average molecular weight is 260 g/mol. The van der Waals surface area contributed by atoms with Crippen LogP contribution in [0.15, 0.2) is 58.5 Å². The Morgan fingerprint density at radius 3 is 1.30 bits per heavy atom. The largest absolute Gasteiger partial charge is 0.259 e. The third-order valence-corrected chi connectivity index (χ3v) is 3.40. The number of fused-ring (bicyclic) bond motifs is 3.